The molecule has 21 rings (SSSR count). The molecule has 0 saturated carbocycles. The van der Waals surface area contributed by atoms with E-state index in [1.165, 1.54) is 140 Å². The van der Waals surface area contributed by atoms with Crippen molar-refractivity contribution in [3.05, 3.63) is 396 Å². The quantitative estimate of drug-likeness (QED) is 0.0518. The number of benzene rings is 21. The maximum Gasteiger partial charge on any atom is 1.00 e. The molecule has 0 bridgehead atoms. The summed E-state index contributed by atoms with van der Waals surface area (Å²) in [5.41, 5.74) is 12.6. The van der Waals surface area contributed by atoms with Crippen molar-refractivity contribution in [2.75, 3.05) is 49.8 Å². The van der Waals surface area contributed by atoms with Crippen LogP contribution in [0.3, 0.4) is 0 Å². The molecule has 21 aromatic rings. The summed E-state index contributed by atoms with van der Waals surface area (Å²) in [6.45, 7) is 0. The molecule has 0 radical (unpaired) electrons. The second kappa shape index (κ2) is 43.8. The summed E-state index contributed by atoms with van der Waals surface area (Å²) in [6, 6.07) is 130. The van der Waals surface area contributed by atoms with E-state index in [4.69, 9.17) is 43.2 Å². The molecule has 0 spiro atoms. The van der Waals surface area contributed by atoms with Crippen LogP contribution in [-0.2, 0) is 0 Å². The van der Waals surface area contributed by atoms with Gasteiger partial charge in [-0.05, 0) is 248 Å². The van der Waals surface area contributed by atoms with Crippen LogP contribution in [0.15, 0.2) is 396 Å². The molecule has 0 aromatic heterocycles. The van der Waals surface area contributed by atoms with E-state index in [0.717, 1.165) is 80.2 Å². The van der Waals surface area contributed by atoms with Crippen LogP contribution in [0, 0.1) is 0 Å². The summed E-state index contributed by atoms with van der Waals surface area (Å²) in [5.74, 6) is 4.58. The first-order chi connectivity index (χ1) is 63.5. The molecule has 21 aromatic carbocycles. The summed E-state index contributed by atoms with van der Waals surface area (Å²) >= 11 is 10.7. The molecule has 0 aliphatic heterocycles. The van der Waals surface area contributed by atoms with E-state index in [2.05, 4.69) is 297 Å². The largest absolute Gasteiger partial charge is 1.00 e. The maximum absolute atomic E-state index is 10.1. The summed E-state index contributed by atoms with van der Waals surface area (Å²) in [5, 5.41) is 70.5. The first-order valence-corrected chi connectivity index (χ1v) is 44.4. The van der Waals surface area contributed by atoms with Gasteiger partial charge in [0.05, 0.1) is 49.8 Å². The zero-order valence-corrected chi connectivity index (χ0v) is 79.1. The van der Waals surface area contributed by atoms with Crippen molar-refractivity contribution in [3.8, 4) is 102 Å². The van der Waals surface area contributed by atoms with Gasteiger partial charge in [0.25, 0.3) is 0 Å². The number of phenolic OH excluding ortho intramolecular Hbond substituents is 1. The molecule has 132 heavy (non-hydrogen) atoms. The van der Waals surface area contributed by atoms with Crippen molar-refractivity contribution >= 4 is 181 Å². The van der Waals surface area contributed by atoms with Gasteiger partial charge in [-0.15, -0.1) is 0 Å². The monoisotopic (exact) mass is 1940 g/mol. The van der Waals surface area contributed by atoms with Crippen molar-refractivity contribution in [1.82, 2.24) is 0 Å². The molecule has 0 aliphatic rings. The fraction of sp³-hybridized carbons (Fsp3) is 0.0619. The van der Waals surface area contributed by atoms with Gasteiger partial charge >= 0.3 is 33.1 Å². The SMILES string of the molecule is Brc1cccc2cccc(Br)c12.COc1cc(-c2cccc3cccc(-c4c5ccccc5cc5ccccc45)c23)ccc1O.COc1ccc(-c2cccc3cccc(-c4c5ccccc5cc5ccccc45)c23)cc1OC.COc1ccc(-c2cccc3cccc(Br)c23)cc1OC.COc1ccc(B(O)O)cc1OC.OB(O)c1c2ccccc2cc2ccccc12.[Cl-].[Li+]. The molecule has 0 heterocycles. The summed E-state index contributed by atoms with van der Waals surface area (Å²) in [4.78, 5) is 0. The van der Waals surface area contributed by atoms with Crippen LogP contribution < -0.4 is 75.4 Å². The van der Waals surface area contributed by atoms with Crippen LogP contribution in [-0.4, -0.2) is 89.2 Å². The Labute approximate surface area is 810 Å². The zero-order valence-electron chi connectivity index (χ0n) is 73.6. The molecule has 0 amide bonds. The van der Waals surface area contributed by atoms with Crippen molar-refractivity contribution in [1.29, 1.82) is 0 Å². The van der Waals surface area contributed by atoms with Crippen molar-refractivity contribution in [2.45, 2.75) is 0 Å². The van der Waals surface area contributed by atoms with E-state index < -0.39 is 14.2 Å². The number of aromatic hydroxyl groups is 1. The smallest absolute Gasteiger partial charge is 1.00 e. The van der Waals surface area contributed by atoms with Gasteiger partial charge in [-0.1, -0.05) is 345 Å². The predicted octanol–water partition coefficient (Wildman–Crippen LogP) is 21.4. The number of phenols is 1. The first-order valence-electron chi connectivity index (χ1n) is 42.0. The first kappa shape index (κ1) is 95.0. The summed E-state index contributed by atoms with van der Waals surface area (Å²) in [7, 11) is 8.30. The number of fused-ring (bicyclic) bond motifs is 10. The molecule has 0 unspecified atom stereocenters. The Kier molecular flexibility index (Phi) is 31.5. The van der Waals surface area contributed by atoms with Crippen LogP contribution in [0.5, 0.6) is 46.0 Å². The van der Waals surface area contributed by atoms with E-state index in [9.17, 15) is 15.2 Å². The normalized spacial score (nSPS) is 10.7. The zero-order chi connectivity index (χ0) is 90.5. The molecular formula is C113H89B2Br3ClLiO12. The number of ether oxygens (including phenoxy) is 7. The molecule has 0 aliphatic carbocycles. The summed E-state index contributed by atoms with van der Waals surface area (Å²) < 4.78 is 40.5. The summed E-state index contributed by atoms with van der Waals surface area (Å²) in [6.07, 6.45) is 0. The Hall–Kier alpha value is -13.1. The fourth-order valence-corrected chi connectivity index (χ4v) is 19.2. The van der Waals surface area contributed by atoms with Gasteiger partial charge in [0, 0.05) is 24.2 Å². The van der Waals surface area contributed by atoms with Crippen LogP contribution in [0.4, 0.5) is 0 Å². The molecule has 5 N–H and O–H groups in total. The van der Waals surface area contributed by atoms with Gasteiger partial charge < -0.3 is 70.8 Å². The Morgan fingerprint density at radius 1 is 0.220 bits per heavy atom. The molecule has 0 atom stereocenters. The molecule has 0 fully saturated rings. The average Bonchev–Trinajstić information content (AvgIpc) is 0.734. The van der Waals surface area contributed by atoms with E-state index in [1.807, 2.05) is 109 Å². The minimum absolute atomic E-state index is 0. The second-order valence-electron chi connectivity index (χ2n) is 30.6. The number of hydrogen-bond donors (Lipinski definition) is 5. The predicted molar refractivity (Wildman–Crippen MR) is 551 cm³/mol. The van der Waals surface area contributed by atoms with E-state index in [1.54, 1.807) is 53.7 Å². The fourth-order valence-electron chi connectivity index (χ4n) is 17.2. The number of hydrogen-bond acceptors (Lipinski definition) is 12. The Morgan fingerprint density at radius 3 is 0.811 bits per heavy atom. The van der Waals surface area contributed by atoms with E-state index >= 15 is 0 Å². The van der Waals surface area contributed by atoms with Gasteiger partial charge in [0.1, 0.15) is 0 Å². The molecule has 0 saturated heterocycles. The van der Waals surface area contributed by atoms with Gasteiger partial charge in [-0.2, -0.15) is 0 Å². The van der Waals surface area contributed by atoms with Crippen LogP contribution in [0.1, 0.15) is 0 Å². The minimum Gasteiger partial charge on any atom is -1.00 e. The Morgan fingerprint density at radius 2 is 0.477 bits per heavy atom. The maximum atomic E-state index is 10.1. The molecule has 12 nitrogen and oxygen atoms in total. The van der Waals surface area contributed by atoms with Crippen molar-refractivity contribution in [3.63, 3.8) is 0 Å². The number of rotatable bonds is 14. The topological polar surface area (TPSA) is 166 Å². The third-order valence-corrected chi connectivity index (χ3v) is 25.2. The standard InChI is InChI=1S/C32H24O2.C31H22O2.C18H15BrO2.C14H11BO2.C10H6Br2.C8H11BO4.ClH.Li/c1-33-29-18-17-24(20-30(29)34-2)25-15-7-11-21-12-8-16-28(31(21)25)32-26-13-5-3-9-22(26)19-23-10-4-6-14-27(23)32;1-33-29-19-23(16-17-28(29)32)24-14-6-10-20-11-7-15-27(30(20)24)31-25-12-4-2-8-21(25)18-22-9-3-5-13-26(22)31;1-20-16-10-9-13(11-17(16)21-2)14-7-3-5-12-6-4-8-15(19)18(12)14;16-15(17)14-12-7-3-1-5-10(12)9-11-6-2-4-8-13(11)14;11-8-5-1-3-7-4-2-6-9(12)10(7)8;1-12-7-4-3-6(9(10)11)5-8(7)13-2;;/h3-20H,1-2H3;2-19,32H,1H3;3-11H,1-2H3;1-9,16-17H;1-6H;3-5,10-11H,1-2H3;1H;/q;;;;;;;+1/p-1. The third kappa shape index (κ3) is 20.2. The van der Waals surface area contributed by atoms with Crippen LogP contribution in [0.25, 0.3) is 163 Å². The van der Waals surface area contributed by atoms with Gasteiger partial charge in [0.15, 0.2) is 46.0 Å². The number of halogens is 4. The molecular weight excluding hydrogens is 1850 g/mol. The number of methoxy groups -OCH3 is 7. The van der Waals surface area contributed by atoms with Gasteiger partial charge in [0.2, 0.25) is 0 Å². The van der Waals surface area contributed by atoms with Crippen molar-refractivity contribution in [2.24, 2.45) is 0 Å². The Bertz CT molecular complexity index is 7540. The van der Waals surface area contributed by atoms with Crippen LogP contribution in [0.2, 0.25) is 0 Å². The third-order valence-electron chi connectivity index (χ3n) is 23.2. The van der Waals surface area contributed by atoms with Gasteiger partial charge in [-0.25, -0.2) is 0 Å². The van der Waals surface area contributed by atoms with Crippen molar-refractivity contribution < 1.29 is 89.6 Å². The second-order valence-corrected chi connectivity index (χ2v) is 33.2. The molecule has 19 heteroatoms. The Balaban J connectivity index is 0.000000133. The minimum atomic E-state index is -1.49. The average molecular weight is 1940 g/mol. The van der Waals surface area contributed by atoms with Crippen LogP contribution >= 0.6 is 47.8 Å². The van der Waals surface area contributed by atoms with E-state index in [-0.39, 0.29) is 37.0 Å². The van der Waals surface area contributed by atoms with Gasteiger partial charge in [-0.3, -0.25) is 0 Å². The molecule has 648 valence electrons. The van der Waals surface area contributed by atoms with E-state index in [0.29, 0.717) is 28.2 Å².